The van der Waals surface area contributed by atoms with Gasteiger partial charge in [0.15, 0.2) is 0 Å². The number of furan rings is 1. The van der Waals surface area contributed by atoms with Crippen molar-refractivity contribution in [2.75, 3.05) is 0 Å². The topological polar surface area (TPSA) is 13.1 Å². The molecule has 0 aliphatic heterocycles. The Morgan fingerprint density at radius 1 is 0.548 bits per heavy atom. The molecule has 0 N–H and O–H groups in total. The molecule has 0 saturated carbocycles. The molecule has 0 aliphatic rings. The predicted octanol–water partition coefficient (Wildman–Crippen LogP) is 8.71. The molecular formula is C30H18O. The van der Waals surface area contributed by atoms with E-state index in [4.69, 9.17) is 16.8 Å². The molecule has 0 spiro atoms. The van der Waals surface area contributed by atoms with Crippen molar-refractivity contribution < 1.29 is 16.8 Å². The van der Waals surface area contributed by atoms with Crippen molar-refractivity contribution in [1.29, 1.82) is 0 Å². The molecule has 0 atom stereocenters. The lowest BCUT2D eigenvalue weighted by Crippen LogP contribution is -1.89. The highest BCUT2D eigenvalue weighted by Crippen LogP contribution is 2.46. The highest BCUT2D eigenvalue weighted by Gasteiger charge is 2.19. The molecule has 1 heteroatoms. The number of hydrogen-bond acceptors (Lipinski definition) is 1. The zero-order chi connectivity index (χ0) is 28.2. The zero-order valence-corrected chi connectivity index (χ0v) is 16.1. The number of para-hydroxylation sites is 1. The van der Waals surface area contributed by atoms with Gasteiger partial charge in [-0.3, -0.25) is 0 Å². The summed E-state index contributed by atoms with van der Waals surface area (Å²) in [7, 11) is 0. The lowest BCUT2D eigenvalue weighted by Gasteiger charge is -2.15. The zero-order valence-electron chi connectivity index (χ0n) is 25.1. The molecular weight excluding hydrogens is 376 g/mol. The molecule has 6 aromatic carbocycles. The smallest absolute Gasteiger partial charge is 0.136 e. The van der Waals surface area contributed by atoms with Gasteiger partial charge in [0.2, 0.25) is 0 Å². The summed E-state index contributed by atoms with van der Waals surface area (Å²) in [6, 6.07) is 12.7. The van der Waals surface area contributed by atoms with Crippen LogP contribution >= 0.6 is 0 Å². The van der Waals surface area contributed by atoms with Crippen molar-refractivity contribution in [2.45, 2.75) is 0 Å². The van der Waals surface area contributed by atoms with E-state index < -0.39 is 36.3 Å². The largest absolute Gasteiger partial charge is 0.456 e. The van der Waals surface area contributed by atoms with E-state index in [1.807, 2.05) is 54.6 Å². The lowest BCUT2D eigenvalue weighted by molar-refractivity contribution is 0.669. The Hall–Kier alpha value is -4.10. The quantitative estimate of drug-likeness (QED) is 0.250. The second-order valence-corrected chi connectivity index (χ2v) is 7.44. The van der Waals surface area contributed by atoms with Gasteiger partial charge in [-0.05, 0) is 56.1 Å². The summed E-state index contributed by atoms with van der Waals surface area (Å²) in [5, 5.41) is 2.72. The second-order valence-electron chi connectivity index (χ2n) is 7.44. The van der Waals surface area contributed by atoms with Gasteiger partial charge < -0.3 is 4.42 Å². The minimum absolute atomic E-state index is 0.0245. The predicted molar refractivity (Wildman–Crippen MR) is 132 cm³/mol. The molecule has 31 heavy (non-hydrogen) atoms. The Balaban J connectivity index is 1.94. The Labute approximate surface area is 191 Å². The standard InChI is InChI=1S/C30H18O/c1-4-12-22-19(9-1)17-20-10-2-5-13-23(20)28(22)30-24-14-6-3-11-21(24)18-27-29(30)25-15-7-8-16-26(25)31-27/h1-18H/i1D,2D,4D,5D,9D,10D,12D,13D,17D. The van der Waals surface area contributed by atoms with Gasteiger partial charge in [-0.15, -0.1) is 0 Å². The first-order valence-corrected chi connectivity index (χ1v) is 9.89. The van der Waals surface area contributed by atoms with Crippen LogP contribution < -0.4 is 0 Å². The summed E-state index contributed by atoms with van der Waals surface area (Å²) in [6.45, 7) is 0. The maximum Gasteiger partial charge on any atom is 0.136 e. The Bertz CT molecular complexity index is 2190. The summed E-state index contributed by atoms with van der Waals surface area (Å²) < 4.78 is 84.2. The van der Waals surface area contributed by atoms with Gasteiger partial charge in [-0.25, -0.2) is 0 Å². The first-order valence-electron chi connectivity index (χ1n) is 14.4. The van der Waals surface area contributed by atoms with Gasteiger partial charge in [0, 0.05) is 16.3 Å². The van der Waals surface area contributed by atoms with Crippen LogP contribution in [-0.4, -0.2) is 0 Å². The van der Waals surface area contributed by atoms with E-state index in [1.54, 1.807) is 0 Å². The molecule has 0 unspecified atom stereocenters. The molecule has 7 aromatic rings. The van der Waals surface area contributed by atoms with Gasteiger partial charge in [-0.2, -0.15) is 0 Å². The molecule has 1 aromatic heterocycles. The SMILES string of the molecule is [2H]c1c([2H])c([2H])c2c(-c3c4ccccc4cc4oc5ccccc5c34)c3c([2H])c([2H])c([2H])c([2H])c3c([2H])c2c1[2H]. The van der Waals surface area contributed by atoms with Gasteiger partial charge in [0.1, 0.15) is 11.2 Å². The normalized spacial score (nSPS) is 15.9. The average molecular weight is 404 g/mol. The number of hydrogen-bond donors (Lipinski definition) is 0. The maximum atomic E-state index is 9.01. The number of fused-ring (bicyclic) bond motifs is 6. The third-order valence-corrected chi connectivity index (χ3v) is 5.76. The lowest BCUT2D eigenvalue weighted by atomic mass is 9.87. The van der Waals surface area contributed by atoms with Crippen molar-refractivity contribution in [3.63, 3.8) is 0 Å². The van der Waals surface area contributed by atoms with Crippen LogP contribution in [0.4, 0.5) is 0 Å². The summed E-state index contributed by atoms with van der Waals surface area (Å²) in [5.74, 6) is 0. The van der Waals surface area contributed by atoms with Crippen molar-refractivity contribution in [1.82, 2.24) is 0 Å². The van der Waals surface area contributed by atoms with Crippen LogP contribution in [0.2, 0.25) is 0 Å². The minimum atomic E-state index is -0.519. The number of benzene rings is 6. The van der Waals surface area contributed by atoms with Crippen LogP contribution in [0, 0.1) is 0 Å². The summed E-state index contributed by atoms with van der Waals surface area (Å²) in [5.41, 5.74) is 1.85. The molecule has 144 valence electrons. The molecule has 1 heterocycles. The van der Waals surface area contributed by atoms with Gasteiger partial charge in [0.25, 0.3) is 0 Å². The molecule has 7 rings (SSSR count). The second kappa shape index (κ2) is 6.20. The van der Waals surface area contributed by atoms with E-state index in [0.29, 0.717) is 27.5 Å². The van der Waals surface area contributed by atoms with Gasteiger partial charge >= 0.3 is 0 Å². The van der Waals surface area contributed by atoms with Crippen molar-refractivity contribution in [3.8, 4) is 11.1 Å². The summed E-state index contributed by atoms with van der Waals surface area (Å²) in [4.78, 5) is 0. The molecule has 0 amide bonds. The first kappa shape index (κ1) is 10.3. The fraction of sp³-hybridized carbons (Fsp3) is 0. The van der Waals surface area contributed by atoms with E-state index in [0.717, 1.165) is 10.8 Å². The van der Waals surface area contributed by atoms with E-state index in [-0.39, 0.29) is 45.2 Å². The molecule has 0 saturated heterocycles. The van der Waals surface area contributed by atoms with Crippen LogP contribution in [0.1, 0.15) is 12.3 Å². The Kier molecular flexibility index (Phi) is 2.06. The third-order valence-electron chi connectivity index (χ3n) is 5.76. The van der Waals surface area contributed by atoms with Crippen LogP contribution in [0.3, 0.4) is 0 Å². The summed E-state index contributed by atoms with van der Waals surface area (Å²) >= 11 is 0. The van der Waals surface area contributed by atoms with E-state index in [1.165, 1.54) is 0 Å². The van der Waals surface area contributed by atoms with Gasteiger partial charge in [-0.1, -0.05) is 90.8 Å². The van der Waals surface area contributed by atoms with E-state index in [2.05, 4.69) is 0 Å². The monoisotopic (exact) mass is 403 g/mol. The summed E-state index contributed by atoms with van der Waals surface area (Å²) in [6.07, 6.45) is 0. The molecule has 0 aliphatic carbocycles. The molecule has 0 radical (unpaired) electrons. The van der Waals surface area contributed by atoms with Crippen LogP contribution in [-0.2, 0) is 0 Å². The maximum absolute atomic E-state index is 9.01. The highest BCUT2D eigenvalue weighted by atomic mass is 16.3. The van der Waals surface area contributed by atoms with Crippen molar-refractivity contribution >= 4 is 54.3 Å². The van der Waals surface area contributed by atoms with Crippen LogP contribution in [0.25, 0.3) is 65.4 Å². The average Bonchev–Trinajstić information content (AvgIpc) is 3.33. The minimum Gasteiger partial charge on any atom is -0.456 e. The fourth-order valence-corrected chi connectivity index (χ4v) is 4.50. The first-order chi connectivity index (χ1) is 19.1. The van der Waals surface area contributed by atoms with Crippen LogP contribution in [0.5, 0.6) is 0 Å². The Morgan fingerprint density at radius 2 is 1.19 bits per heavy atom. The fourth-order valence-electron chi connectivity index (χ4n) is 4.50. The van der Waals surface area contributed by atoms with E-state index in [9.17, 15) is 0 Å². The van der Waals surface area contributed by atoms with Gasteiger partial charge in [0.05, 0.1) is 12.3 Å². The Morgan fingerprint density at radius 3 is 1.97 bits per heavy atom. The third kappa shape index (κ3) is 2.32. The van der Waals surface area contributed by atoms with Crippen LogP contribution in [0.15, 0.2) is 113 Å². The molecule has 1 nitrogen and oxygen atoms in total. The molecule has 0 bridgehead atoms. The van der Waals surface area contributed by atoms with Crippen molar-refractivity contribution in [2.24, 2.45) is 0 Å². The molecule has 0 fully saturated rings. The van der Waals surface area contributed by atoms with Crippen molar-refractivity contribution in [3.05, 3.63) is 109 Å². The number of rotatable bonds is 1. The van der Waals surface area contributed by atoms with E-state index >= 15 is 0 Å². The highest BCUT2D eigenvalue weighted by molar-refractivity contribution is 6.27.